The van der Waals surface area contributed by atoms with Crippen LogP contribution in [0.5, 0.6) is 0 Å². The molecule has 3 aliphatic rings. The standard InChI is InChI=1S/C34H47N5O5S2/c1-22(2)44-31(41)38-34-17-14-33(15-18-34,16-19-34)29-35-21-27(45-29)26-13-12-25(20-28(26)46(42,43)39-32(4,5)6)37-30(40)36-23(3)24-10-8-7-9-11-24/h7-13,20-23,31,38-39,41H,14-19H2,1-6H3,(H2,36,37,40)/t23-,31?,33?,34?/m1/s1. The lowest BCUT2D eigenvalue weighted by Crippen LogP contribution is -2.59. The fraction of sp³-hybridized carbons (Fsp3) is 0.529. The minimum atomic E-state index is -3.96. The number of carbonyl (C=O) groups excluding carboxylic acids is 1. The molecule has 0 radical (unpaired) electrons. The largest absolute Gasteiger partial charge is 0.356 e. The summed E-state index contributed by atoms with van der Waals surface area (Å²) in [4.78, 5) is 18.6. The van der Waals surface area contributed by atoms with Gasteiger partial charge in [0.2, 0.25) is 16.4 Å². The van der Waals surface area contributed by atoms with E-state index < -0.39 is 28.0 Å². The summed E-state index contributed by atoms with van der Waals surface area (Å²) in [6.07, 6.45) is 6.21. The fourth-order valence-corrected chi connectivity index (χ4v) is 9.55. The highest BCUT2D eigenvalue weighted by atomic mass is 32.2. The van der Waals surface area contributed by atoms with Gasteiger partial charge in [0.05, 0.1) is 26.9 Å². The number of carbonyl (C=O) groups is 1. The minimum Gasteiger partial charge on any atom is -0.356 e. The van der Waals surface area contributed by atoms with Gasteiger partial charge in [-0.2, -0.15) is 0 Å². The van der Waals surface area contributed by atoms with Crippen LogP contribution in [-0.4, -0.2) is 48.1 Å². The molecule has 5 N–H and O–H groups in total. The van der Waals surface area contributed by atoms with Crippen molar-refractivity contribution >= 4 is 33.1 Å². The SMILES string of the molecule is CC(C)OC(O)NC12CCC(c3ncc(-c4ccc(NC(=O)N[C@H](C)c5ccccc5)cc4S(=O)(=O)NC(C)(C)C)s3)(CC1)CC2. The van der Waals surface area contributed by atoms with Crippen molar-refractivity contribution in [2.24, 2.45) is 0 Å². The second kappa shape index (κ2) is 13.3. The summed E-state index contributed by atoms with van der Waals surface area (Å²) in [5.41, 5.74) is 0.932. The third kappa shape index (κ3) is 7.98. The molecule has 2 aromatic carbocycles. The van der Waals surface area contributed by atoms with Gasteiger partial charge in [0.25, 0.3) is 0 Å². The van der Waals surface area contributed by atoms with E-state index in [9.17, 15) is 18.3 Å². The Morgan fingerprint density at radius 2 is 1.65 bits per heavy atom. The summed E-state index contributed by atoms with van der Waals surface area (Å²) in [5.74, 6) is 0. The molecule has 2 bridgehead atoms. The van der Waals surface area contributed by atoms with Gasteiger partial charge in [-0.1, -0.05) is 36.4 Å². The molecule has 0 aliphatic heterocycles. The molecule has 46 heavy (non-hydrogen) atoms. The molecule has 3 saturated carbocycles. The molecule has 0 spiro atoms. The third-order valence-electron chi connectivity index (χ3n) is 8.92. The number of nitrogens with zero attached hydrogens (tertiary/aromatic N) is 1. The predicted octanol–water partition coefficient (Wildman–Crippen LogP) is 6.40. The van der Waals surface area contributed by atoms with Gasteiger partial charge in [-0.05, 0) is 97.8 Å². The van der Waals surface area contributed by atoms with Crippen LogP contribution in [0.1, 0.15) is 96.7 Å². The van der Waals surface area contributed by atoms with E-state index in [2.05, 4.69) is 20.7 Å². The van der Waals surface area contributed by atoms with Gasteiger partial charge in [-0.3, -0.25) is 5.32 Å². The molecule has 12 heteroatoms. The number of sulfonamides is 1. The maximum Gasteiger partial charge on any atom is 0.319 e. The number of aliphatic hydroxyl groups excluding tert-OH is 1. The molecule has 1 aromatic heterocycles. The Morgan fingerprint density at radius 3 is 2.26 bits per heavy atom. The third-order valence-corrected chi connectivity index (χ3v) is 12.0. The monoisotopic (exact) mass is 669 g/mol. The Morgan fingerprint density at radius 1 is 1.00 bits per heavy atom. The Balaban J connectivity index is 1.37. The van der Waals surface area contributed by atoms with Crippen molar-refractivity contribution in [1.29, 1.82) is 0 Å². The molecule has 3 aliphatic carbocycles. The van der Waals surface area contributed by atoms with Crippen LogP contribution in [0.3, 0.4) is 0 Å². The molecule has 2 atom stereocenters. The first-order valence-corrected chi connectivity index (χ1v) is 18.3. The van der Waals surface area contributed by atoms with Gasteiger partial charge in [0.1, 0.15) is 0 Å². The number of amides is 2. The van der Waals surface area contributed by atoms with Gasteiger partial charge >= 0.3 is 6.03 Å². The summed E-state index contributed by atoms with van der Waals surface area (Å²) in [6.45, 7) is 11.1. The maximum absolute atomic E-state index is 13.8. The number of fused-ring (bicyclic) bond motifs is 3. The molecule has 0 saturated heterocycles. The molecule has 1 heterocycles. The van der Waals surface area contributed by atoms with Crippen molar-refractivity contribution in [3.8, 4) is 10.4 Å². The molecule has 3 fully saturated rings. The number of hydrogen-bond donors (Lipinski definition) is 5. The summed E-state index contributed by atoms with van der Waals surface area (Å²) in [5, 5.41) is 20.5. The quantitative estimate of drug-likeness (QED) is 0.149. The second-order valence-corrected chi connectivity index (χ2v) is 16.8. The number of hydrogen-bond acceptors (Lipinski definition) is 8. The normalized spacial score (nSPS) is 22.9. The van der Waals surface area contributed by atoms with E-state index in [0.717, 1.165) is 54.0 Å². The highest BCUT2D eigenvalue weighted by Gasteiger charge is 2.51. The highest BCUT2D eigenvalue weighted by molar-refractivity contribution is 7.89. The van der Waals surface area contributed by atoms with E-state index in [1.165, 1.54) is 17.4 Å². The summed E-state index contributed by atoms with van der Waals surface area (Å²) >= 11 is 1.54. The lowest BCUT2D eigenvalue weighted by molar-refractivity contribution is -0.166. The van der Waals surface area contributed by atoms with Crippen LogP contribution in [0.25, 0.3) is 10.4 Å². The number of aromatic nitrogens is 1. The Kier molecular flexibility index (Phi) is 9.98. The van der Waals surface area contributed by atoms with E-state index in [1.54, 1.807) is 39.1 Å². The van der Waals surface area contributed by atoms with Crippen LogP contribution in [0, 0.1) is 0 Å². The van der Waals surface area contributed by atoms with Crippen molar-refractivity contribution in [1.82, 2.24) is 20.3 Å². The first-order chi connectivity index (χ1) is 21.6. The molecule has 1 unspecified atom stereocenters. The van der Waals surface area contributed by atoms with Crippen molar-refractivity contribution in [2.45, 2.75) is 120 Å². The van der Waals surface area contributed by atoms with E-state index >= 15 is 0 Å². The Hall–Kier alpha value is -2.87. The lowest BCUT2D eigenvalue weighted by Gasteiger charge is -2.53. The van der Waals surface area contributed by atoms with Crippen LogP contribution in [0.2, 0.25) is 0 Å². The minimum absolute atomic E-state index is 0.0726. The molecular formula is C34H47N5O5S2. The number of anilines is 1. The summed E-state index contributed by atoms with van der Waals surface area (Å²) in [6, 6.07) is 13.9. The number of urea groups is 1. The van der Waals surface area contributed by atoms with Crippen LogP contribution in [0.15, 0.2) is 59.6 Å². The van der Waals surface area contributed by atoms with E-state index in [-0.39, 0.29) is 28.0 Å². The average molecular weight is 670 g/mol. The van der Waals surface area contributed by atoms with E-state index in [0.29, 0.717) is 11.3 Å². The fourth-order valence-electron chi connectivity index (χ4n) is 6.59. The van der Waals surface area contributed by atoms with Crippen LogP contribution in [-0.2, 0) is 20.2 Å². The van der Waals surface area contributed by atoms with Gasteiger partial charge in [-0.25, -0.2) is 22.9 Å². The molecule has 250 valence electrons. The number of rotatable bonds is 11. The molecule has 10 nitrogen and oxygen atoms in total. The van der Waals surface area contributed by atoms with Gasteiger partial charge in [0.15, 0.2) is 0 Å². The van der Waals surface area contributed by atoms with Crippen LogP contribution < -0.4 is 20.7 Å². The van der Waals surface area contributed by atoms with E-state index in [1.807, 2.05) is 51.1 Å². The predicted molar refractivity (Wildman–Crippen MR) is 182 cm³/mol. The molecule has 3 aromatic rings. The Bertz CT molecular complexity index is 1610. The number of aliphatic hydroxyl groups is 1. The maximum atomic E-state index is 13.8. The van der Waals surface area contributed by atoms with Crippen molar-refractivity contribution in [2.75, 3.05) is 5.32 Å². The van der Waals surface area contributed by atoms with Gasteiger partial charge in [-0.15, -0.1) is 11.3 Å². The van der Waals surface area contributed by atoms with Gasteiger partial charge in [0, 0.05) is 33.9 Å². The molecule has 2 amide bonds. The van der Waals surface area contributed by atoms with Crippen molar-refractivity contribution < 1.29 is 23.1 Å². The topological polar surface area (TPSA) is 142 Å². The average Bonchev–Trinajstić information content (AvgIpc) is 3.48. The second-order valence-electron chi connectivity index (χ2n) is 14.1. The zero-order chi connectivity index (χ0) is 33.3. The smallest absolute Gasteiger partial charge is 0.319 e. The number of thiazole rings is 1. The molecular weight excluding hydrogens is 623 g/mol. The zero-order valence-corrected chi connectivity index (χ0v) is 29.1. The van der Waals surface area contributed by atoms with Crippen LogP contribution >= 0.6 is 11.3 Å². The summed E-state index contributed by atoms with van der Waals surface area (Å²) < 4.78 is 35.9. The zero-order valence-electron chi connectivity index (χ0n) is 27.5. The summed E-state index contributed by atoms with van der Waals surface area (Å²) in [7, 11) is -3.96. The number of nitrogens with one attached hydrogen (secondary N) is 4. The van der Waals surface area contributed by atoms with Gasteiger partial charge < -0.3 is 20.5 Å². The number of benzene rings is 2. The van der Waals surface area contributed by atoms with Crippen LogP contribution in [0.4, 0.5) is 10.5 Å². The Labute approximate surface area is 276 Å². The van der Waals surface area contributed by atoms with Crippen molar-refractivity contribution in [3.05, 3.63) is 65.3 Å². The highest BCUT2D eigenvalue weighted by Crippen LogP contribution is 2.55. The first-order valence-electron chi connectivity index (χ1n) is 16.0. The number of ether oxygens (including phenoxy) is 1. The first kappa shape index (κ1) is 34.5. The van der Waals surface area contributed by atoms with E-state index in [4.69, 9.17) is 9.72 Å². The molecule has 6 rings (SSSR count). The van der Waals surface area contributed by atoms with Crippen molar-refractivity contribution in [3.63, 3.8) is 0 Å². The lowest BCUT2D eigenvalue weighted by atomic mass is 9.57.